The zero-order valence-electron chi connectivity index (χ0n) is 17.2. The molecule has 0 heterocycles. The Morgan fingerprint density at radius 3 is 2.32 bits per heavy atom. The molecule has 7 heteroatoms. The van der Waals surface area contributed by atoms with Crippen LogP contribution < -0.4 is 10.6 Å². The number of alkyl carbamates (subject to hydrolysis) is 1. The predicted octanol–water partition coefficient (Wildman–Crippen LogP) is 2.75. The van der Waals surface area contributed by atoms with Crippen LogP contribution in [0.2, 0.25) is 0 Å². The van der Waals surface area contributed by atoms with Crippen LogP contribution in [-0.2, 0) is 25.5 Å². The molecule has 1 rings (SSSR count). The number of benzene rings is 1. The molecule has 28 heavy (non-hydrogen) atoms. The first-order valence-electron chi connectivity index (χ1n) is 9.29. The third-order valence-electron chi connectivity index (χ3n) is 3.47. The molecule has 0 spiro atoms. The summed E-state index contributed by atoms with van der Waals surface area (Å²) in [4.78, 5) is 36.2. The average Bonchev–Trinajstić information content (AvgIpc) is 2.59. The molecule has 7 nitrogen and oxygen atoms in total. The third kappa shape index (κ3) is 9.75. The van der Waals surface area contributed by atoms with Gasteiger partial charge >= 0.3 is 12.1 Å². The normalized spacial score (nSPS) is 13.5. The van der Waals surface area contributed by atoms with E-state index in [-0.39, 0.29) is 12.5 Å². The van der Waals surface area contributed by atoms with Crippen molar-refractivity contribution in [3.63, 3.8) is 0 Å². The van der Waals surface area contributed by atoms with Gasteiger partial charge in [0.15, 0.2) is 0 Å². The highest BCUT2D eigenvalue weighted by molar-refractivity contribution is 5.86. The lowest BCUT2D eigenvalue weighted by atomic mass is 10.1. The first-order chi connectivity index (χ1) is 13.1. The number of rotatable bonds is 8. The van der Waals surface area contributed by atoms with Crippen molar-refractivity contribution >= 4 is 18.0 Å². The molecule has 0 fully saturated rings. The third-order valence-corrected chi connectivity index (χ3v) is 3.47. The lowest BCUT2D eigenvalue weighted by Gasteiger charge is -2.24. The molecule has 2 N–H and O–H groups in total. The van der Waals surface area contributed by atoms with E-state index in [0.717, 1.165) is 5.56 Å². The van der Waals surface area contributed by atoms with Crippen LogP contribution in [0.15, 0.2) is 42.5 Å². The van der Waals surface area contributed by atoms with Crippen molar-refractivity contribution in [2.45, 2.75) is 58.7 Å². The van der Waals surface area contributed by atoms with Gasteiger partial charge in [0.1, 0.15) is 11.6 Å². The van der Waals surface area contributed by atoms with Crippen molar-refractivity contribution in [2.24, 2.45) is 0 Å². The summed E-state index contributed by atoms with van der Waals surface area (Å²) in [7, 11) is 0. The molecule has 2 unspecified atom stereocenters. The molecule has 0 saturated carbocycles. The SMILES string of the molecule is CCOC(=O)/C=C/C(C)NC(=O)C(Cc1ccccc1)NC(=O)OC(C)(C)C. The number of carbonyl (C=O) groups is 3. The van der Waals surface area contributed by atoms with E-state index in [1.54, 1.807) is 34.6 Å². The van der Waals surface area contributed by atoms with Crippen LogP contribution in [0.25, 0.3) is 0 Å². The number of hydrogen-bond donors (Lipinski definition) is 2. The van der Waals surface area contributed by atoms with Gasteiger partial charge in [-0.05, 0) is 40.2 Å². The van der Waals surface area contributed by atoms with E-state index in [2.05, 4.69) is 10.6 Å². The summed E-state index contributed by atoms with van der Waals surface area (Å²) in [5, 5.41) is 5.39. The molecule has 154 valence electrons. The molecule has 0 aliphatic rings. The Morgan fingerprint density at radius 2 is 1.75 bits per heavy atom. The van der Waals surface area contributed by atoms with Gasteiger partial charge in [0, 0.05) is 18.5 Å². The number of hydrogen-bond acceptors (Lipinski definition) is 5. The van der Waals surface area contributed by atoms with Crippen molar-refractivity contribution in [3.05, 3.63) is 48.0 Å². The maximum Gasteiger partial charge on any atom is 0.408 e. The molecule has 1 aromatic rings. The van der Waals surface area contributed by atoms with E-state index in [0.29, 0.717) is 6.42 Å². The minimum absolute atomic E-state index is 0.281. The fourth-order valence-corrected chi connectivity index (χ4v) is 2.30. The summed E-state index contributed by atoms with van der Waals surface area (Å²) in [6, 6.07) is 8.11. The summed E-state index contributed by atoms with van der Waals surface area (Å²) in [5.41, 5.74) is 0.224. The minimum atomic E-state index is -0.823. The van der Waals surface area contributed by atoms with Gasteiger partial charge in [-0.3, -0.25) is 4.79 Å². The summed E-state index contributed by atoms with van der Waals surface area (Å²) in [6.07, 6.45) is 2.43. The zero-order valence-corrected chi connectivity index (χ0v) is 17.2. The first kappa shape index (κ1) is 23.2. The van der Waals surface area contributed by atoms with Gasteiger partial charge in [0.2, 0.25) is 5.91 Å². The second-order valence-electron chi connectivity index (χ2n) is 7.30. The van der Waals surface area contributed by atoms with Crippen LogP contribution in [0.1, 0.15) is 40.2 Å². The number of amides is 2. The van der Waals surface area contributed by atoms with Gasteiger partial charge in [-0.2, -0.15) is 0 Å². The second-order valence-corrected chi connectivity index (χ2v) is 7.30. The highest BCUT2D eigenvalue weighted by Gasteiger charge is 2.25. The number of ether oxygens (including phenoxy) is 2. The predicted molar refractivity (Wildman–Crippen MR) is 107 cm³/mol. The smallest absolute Gasteiger partial charge is 0.408 e. The molecule has 2 atom stereocenters. The highest BCUT2D eigenvalue weighted by atomic mass is 16.6. The summed E-state index contributed by atoms with van der Waals surface area (Å²) >= 11 is 0. The fraction of sp³-hybridized carbons (Fsp3) is 0.476. The highest BCUT2D eigenvalue weighted by Crippen LogP contribution is 2.09. The Morgan fingerprint density at radius 1 is 1.11 bits per heavy atom. The van der Waals surface area contributed by atoms with Crippen LogP contribution in [0.3, 0.4) is 0 Å². The van der Waals surface area contributed by atoms with Crippen LogP contribution in [0, 0.1) is 0 Å². The Labute approximate surface area is 166 Å². The maximum absolute atomic E-state index is 12.7. The van der Waals surface area contributed by atoms with Crippen LogP contribution in [-0.4, -0.2) is 42.3 Å². The average molecular weight is 390 g/mol. The van der Waals surface area contributed by atoms with E-state index >= 15 is 0 Å². The molecular formula is C21H30N2O5. The number of carbonyl (C=O) groups excluding carboxylic acids is 3. The van der Waals surface area contributed by atoms with Crippen LogP contribution in [0.5, 0.6) is 0 Å². The summed E-state index contributed by atoms with van der Waals surface area (Å²) in [5.74, 6) is -0.855. The van der Waals surface area contributed by atoms with E-state index < -0.39 is 29.7 Å². The molecule has 0 aliphatic heterocycles. The van der Waals surface area contributed by atoms with Crippen molar-refractivity contribution < 1.29 is 23.9 Å². The van der Waals surface area contributed by atoms with Gasteiger partial charge in [0.05, 0.1) is 6.61 Å². The Bertz CT molecular complexity index is 680. The molecule has 0 aliphatic carbocycles. The zero-order chi connectivity index (χ0) is 21.2. The maximum atomic E-state index is 12.7. The van der Waals surface area contributed by atoms with Crippen molar-refractivity contribution in [1.29, 1.82) is 0 Å². The van der Waals surface area contributed by atoms with Gasteiger partial charge in [-0.1, -0.05) is 36.4 Å². The molecule has 0 bridgehead atoms. The van der Waals surface area contributed by atoms with E-state index in [4.69, 9.17) is 9.47 Å². The van der Waals surface area contributed by atoms with Crippen LogP contribution in [0.4, 0.5) is 4.79 Å². The van der Waals surface area contributed by atoms with E-state index in [1.165, 1.54) is 12.2 Å². The van der Waals surface area contributed by atoms with E-state index in [9.17, 15) is 14.4 Å². The first-order valence-corrected chi connectivity index (χ1v) is 9.29. The van der Waals surface area contributed by atoms with E-state index in [1.807, 2.05) is 30.3 Å². The fourth-order valence-electron chi connectivity index (χ4n) is 2.30. The summed E-state index contributed by atoms with van der Waals surface area (Å²) in [6.45, 7) is 8.97. The van der Waals surface area contributed by atoms with Gasteiger partial charge in [-0.25, -0.2) is 9.59 Å². The van der Waals surface area contributed by atoms with Crippen molar-refractivity contribution in [2.75, 3.05) is 6.61 Å². The standard InChI is InChI=1S/C21H30N2O5/c1-6-27-18(24)13-12-15(2)22-19(25)17(14-16-10-8-7-9-11-16)23-20(26)28-21(3,4)5/h7-13,15,17H,6,14H2,1-5H3,(H,22,25)(H,23,26)/b13-12+. The minimum Gasteiger partial charge on any atom is -0.463 e. The quantitative estimate of drug-likeness (QED) is 0.526. The van der Waals surface area contributed by atoms with Crippen LogP contribution >= 0.6 is 0 Å². The molecule has 1 aromatic carbocycles. The molecule has 0 aromatic heterocycles. The Kier molecular flexibility index (Phi) is 9.21. The lowest BCUT2D eigenvalue weighted by molar-refractivity contribution is -0.137. The van der Waals surface area contributed by atoms with Gasteiger partial charge < -0.3 is 20.1 Å². The van der Waals surface area contributed by atoms with Crippen molar-refractivity contribution in [3.8, 4) is 0 Å². The summed E-state index contributed by atoms with van der Waals surface area (Å²) < 4.78 is 10.1. The van der Waals surface area contributed by atoms with Gasteiger partial charge in [0.25, 0.3) is 0 Å². The molecule has 2 amide bonds. The lowest BCUT2D eigenvalue weighted by Crippen LogP contribution is -2.50. The largest absolute Gasteiger partial charge is 0.463 e. The second kappa shape index (κ2) is 11.1. The molecule has 0 saturated heterocycles. The monoisotopic (exact) mass is 390 g/mol. The topological polar surface area (TPSA) is 93.7 Å². The molecular weight excluding hydrogens is 360 g/mol. The number of esters is 1. The van der Waals surface area contributed by atoms with Crippen molar-refractivity contribution in [1.82, 2.24) is 10.6 Å². The Balaban J connectivity index is 2.80. The van der Waals surface area contributed by atoms with Gasteiger partial charge in [-0.15, -0.1) is 0 Å². The molecule has 0 radical (unpaired) electrons. The number of nitrogens with one attached hydrogen (secondary N) is 2. The Hall–Kier alpha value is -2.83.